The van der Waals surface area contributed by atoms with Crippen LogP contribution < -0.4 is 0 Å². The van der Waals surface area contributed by atoms with E-state index in [4.69, 9.17) is 5.41 Å². The minimum Gasteiger partial charge on any atom is -0.358 e. The van der Waals surface area contributed by atoms with Crippen LogP contribution in [0.15, 0.2) is 11.6 Å². The fourth-order valence-corrected chi connectivity index (χ4v) is 4.39. The standard InChI is InChI=1S/C15H20N6O2S2/c1-3-10(2)20-12(21(22)23)8-17-14(20)15-18-11(9-25-15)13(16)19-4-6-24-7-5-19/h8-10,16H,3-7H2,1-2H3. The van der Waals surface area contributed by atoms with Gasteiger partial charge in [0.25, 0.3) is 5.82 Å². The Morgan fingerprint density at radius 1 is 1.48 bits per heavy atom. The number of amidine groups is 1. The van der Waals surface area contributed by atoms with Crippen LogP contribution in [0.4, 0.5) is 5.82 Å². The van der Waals surface area contributed by atoms with Gasteiger partial charge in [0.15, 0.2) is 5.01 Å². The molecule has 0 bridgehead atoms. The molecule has 25 heavy (non-hydrogen) atoms. The van der Waals surface area contributed by atoms with Crippen LogP contribution in [-0.2, 0) is 0 Å². The lowest BCUT2D eigenvalue weighted by atomic mass is 10.2. The Balaban J connectivity index is 1.92. The quantitative estimate of drug-likeness (QED) is 0.370. The highest BCUT2D eigenvalue weighted by Gasteiger charge is 2.28. The first-order chi connectivity index (χ1) is 12.0. The third-order valence-electron chi connectivity index (χ3n) is 4.26. The highest BCUT2D eigenvalue weighted by molar-refractivity contribution is 7.99. The number of nitrogens with zero attached hydrogens (tertiary/aromatic N) is 5. The van der Waals surface area contributed by atoms with E-state index in [9.17, 15) is 10.1 Å². The van der Waals surface area contributed by atoms with Crippen LogP contribution in [0.3, 0.4) is 0 Å². The summed E-state index contributed by atoms with van der Waals surface area (Å²) in [5, 5.41) is 22.1. The number of nitrogens with one attached hydrogen (secondary N) is 1. The van der Waals surface area contributed by atoms with Crippen molar-refractivity contribution in [1.82, 2.24) is 19.4 Å². The summed E-state index contributed by atoms with van der Waals surface area (Å²) < 4.78 is 1.63. The Hall–Kier alpha value is -1.94. The molecule has 1 aliphatic heterocycles. The van der Waals surface area contributed by atoms with Gasteiger partial charge >= 0.3 is 5.82 Å². The number of hydrogen-bond acceptors (Lipinski definition) is 7. The van der Waals surface area contributed by atoms with Crippen molar-refractivity contribution in [3.8, 4) is 10.8 Å². The number of imidazole rings is 1. The van der Waals surface area contributed by atoms with Crippen LogP contribution in [-0.4, -0.2) is 54.8 Å². The zero-order valence-electron chi connectivity index (χ0n) is 14.1. The van der Waals surface area contributed by atoms with Gasteiger partial charge in [-0.1, -0.05) is 6.92 Å². The summed E-state index contributed by atoms with van der Waals surface area (Å²) in [7, 11) is 0. The SMILES string of the molecule is CCC(C)n1c([N+](=O)[O-])cnc1-c1nc(C(=N)N2CCSCC2)cs1. The Kier molecular flexibility index (Phi) is 5.38. The maximum atomic E-state index is 11.3. The van der Waals surface area contributed by atoms with Crippen LogP contribution in [0.5, 0.6) is 0 Å². The molecule has 2 aromatic rings. The first-order valence-corrected chi connectivity index (χ1v) is 10.2. The largest absolute Gasteiger partial charge is 0.358 e. The summed E-state index contributed by atoms with van der Waals surface area (Å²) in [6.45, 7) is 5.61. The summed E-state index contributed by atoms with van der Waals surface area (Å²) >= 11 is 3.27. The molecule has 0 amide bonds. The van der Waals surface area contributed by atoms with Crippen LogP contribution in [0, 0.1) is 15.5 Å². The zero-order chi connectivity index (χ0) is 18.0. The second-order valence-corrected chi connectivity index (χ2v) is 7.89. The molecule has 1 fully saturated rings. The second kappa shape index (κ2) is 7.52. The second-order valence-electron chi connectivity index (χ2n) is 5.81. The third-order valence-corrected chi connectivity index (χ3v) is 6.04. The van der Waals surface area contributed by atoms with Gasteiger partial charge in [-0.05, 0) is 18.3 Å². The number of nitro groups is 1. The summed E-state index contributed by atoms with van der Waals surface area (Å²) in [6.07, 6.45) is 2.04. The summed E-state index contributed by atoms with van der Waals surface area (Å²) in [5.41, 5.74) is 0.605. The van der Waals surface area contributed by atoms with E-state index in [1.165, 1.54) is 17.5 Å². The molecule has 1 N–H and O–H groups in total. The van der Waals surface area contributed by atoms with E-state index in [1.54, 1.807) is 4.57 Å². The topological polar surface area (TPSA) is 101 Å². The number of hydrogen-bond donors (Lipinski definition) is 1. The first kappa shape index (κ1) is 17.9. The summed E-state index contributed by atoms with van der Waals surface area (Å²) in [6, 6.07) is -0.0520. The smallest absolute Gasteiger partial charge is 0.343 e. The fourth-order valence-electron chi connectivity index (χ4n) is 2.70. The van der Waals surface area contributed by atoms with Crippen molar-refractivity contribution in [3.63, 3.8) is 0 Å². The predicted molar refractivity (Wildman–Crippen MR) is 101 cm³/mol. The normalized spacial score (nSPS) is 16.0. The third kappa shape index (κ3) is 3.54. The summed E-state index contributed by atoms with van der Waals surface area (Å²) in [5.74, 6) is 2.93. The van der Waals surface area contributed by atoms with E-state index in [-0.39, 0.29) is 11.9 Å². The Labute approximate surface area is 153 Å². The minimum absolute atomic E-state index is 0.0239. The molecule has 2 aromatic heterocycles. The highest BCUT2D eigenvalue weighted by Crippen LogP contribution is 2.31. The van der Waals surface area contributed by atoms with E-state index >= 15 is 0 Å². The first-order valence-electron chi connectivity index (χ1n) is 8.12. The highest BCUT2D eigenvalue weighted by atomic mass is 32.2. The van der Waals surface area contributed by atoms with E-state index < -0.39 is 4.92 Å². The molecule has 1 aliphatic rings. The predicted octanol–water partition coefficient (Wildman–Crippen LogP) is 3.26. The van der Waals surface area contributed by atoms with E-state index in [1.807, 2.05) is 35.9 Å². The lowest BCUT2D eigenvalue weighted by Gasteiger charge is -2.27. The lowest BCUT2D eigenvalue weighted by molar-refractivity contribution is -0.392. The van der Waals surface area contributed by atoms with Crippen molar-refractivity contribution in [2.45, 2.75) is 26.3 Å². The average molecular weight is 380 g/mol. The van der Waals surface area contributed by atoms with E-state index in [0.29, 0.717) is 22.4 Å². The number of rotatable bonds is 5. The van der Waals surface area contributed by atoms with E-state index in [0.717, 1.165) is 31.0 Å². The average Bonchev–Trinajstić information content (AvgIpc) is 3.27. The van der Waals surface area contributed by atoms with Crippen molar-refractivity contribution in [3.05, 3.63) is 27.4 Å². The van der Waals surface area contributed by atoms with Crippen molar-refractivity contribution >= 4 is 34.8 Å². The lowest BCUT2D eigenvalue weighted by Crippen LogP contribution is -2.38. The molecule has 0 aliphatic carbocycles. The number of thioether (sulfide) groups is 1. The van der Waals surface area contributed by atoms with Gasteiger partial charge in [0.2, 0.25) is 0 Å². The van der Waals surface area contributed by atoms with Crippen LogP contribution >= 0.6 is 23.1 Å². The maximum Gasteiger partial charge on any atom is 0.343 e. The molecule has 1 unspecified atom stereocenters. The Morgan fingerprint density at radius 3 is 2.84 bits per heavy atom. The van der Waals surface area contributed by atoms with Crippen molar-refractivity contribution in [2.75, 3.05) is 24.6 Å². The molecule has 1 atom stereocenters. The van der Waals surface area contributed by atoms with Crippen molar-refractivity contribution in [1.29, 1.82) is 5.41 Å². The molecule has 3 heterocycles. The van der Waals surface area contributed by atoms with Gasteiger partial charge in [-0.3, -0.25) is 5.41 Å². The van der Waals surface area contributed by atoms with Gasteiger partial charge in [0.1, 0.15) is 23.8 Å². The molecule has 0 saturated carbocycles. The molecule has 10 heteroatoms. The molecule has 0 aromatic carbocycles. The Morgan fingerprint density at radius 2 is 2.20 bits per heavy atom. The van der Waals surface area contributed by atoms with Crippen LogP contribution in [0.25, 0.3) is 10.8 Å². The molecule has 0 radical (unpaired) electrons. The monoisotopic (exact) mass is 380 g/mol. The van der Waals surface area contributed by atoms with Gasteiger partial charge in [-0.2, -0.15) is 11.8 Å². The fraction of sp³-hybridized carbons (Fsp3) is 0.533. The van der Waals surface area contributed by atoms with Gasteiger partial charge < -0.3 is 15.0 Å². The van der Waals surface area contributed by atoms with Crippen molar-refractivity contribution in [2.24, 2.45) is 0 Å². The molecular formula is C15H20N6O2S2. The molecule has 1 saturated heterocycles. The van der Waals surface area contributed by atoms with Crippen molar-refractivity contribution < 1.29 is 4.92 Å². The molecular weight excluding hydrogens is 360 g/mol. The molecule has 3 rings (SSSR count). The summed E-state index contributed by atoms with van der Waals surface area (Å²) in [4.78, 5) is 21.7. The minimum atomic E-state index is -0.412. The zero-order valence-corrected chi connectivity index (χ0v) is 15.8. The Bertz CT molecular complexity index is 781. The molecule has 0 spiro atoms. The number of aromatic nitrogens is 3. The number of thiazole rings is 1. The van der Waals surface area contributed by atoms with Gasteiger partial charge in [0, 0.05) is 30.0 Å². The van der Waals surface area contributed by atoms with Crippen LogP contribution in [0.1, 0.15) is 32.0 Å². The molecule has 134 valence electrons. The van der Waals surface area contributed by atoms with Gasteiger partial charge in [-0.25, -0.2) is 14.5 Å². The van der Waals surface area contributed by atoms with Gasteiger partial charge in [-0.15, -0.1) is 11.3 Å². The van der Waals surface area contributed by atoms with Crippen LogP contribution in [0.2, 0.25) is 0 Å². The van der Waals surface area contributed by atoms with E-state index in [2.05, 4.69) is 9.97 Å². The van der Waals surface area contributed by atoms with Gasteiger partial charge in [0.05, 0.1) is 0 Å². The molecule has 8 nitrogen and oxygen atoms in total. The maximum absolute atomic E-state index is 11.3.